The van der Waals surface area contributed by atoms with Crippen molar-refractivity contribution in [1.29, 1.82) is 0 Å². The summed E-state index contributed by atoms with van der Waals surface area (Å²) in [7, 11) is 3.17. The Labute approximate surface area is 135 Å². The highest BCUT2D eigenvalue weighted by atomic mass is 19.1. The number of carbonyl (C=O) groups excluding carboxylic acids is 1. The van der Waals surface area contributed by atoms with Crippen LogP contribution in [-0.2, 0) is 17.6 Å². The number of nitrogens with one attached hydrogen (secondary N) is 1. The molecule has 0 saturated carbocycles. The molecule has 0 spiro atoms. The molecule has 0 aromatic heterocycles. The van der Waals surface area contributed by atoms with Gasteiger partial charge in [-0.15, -0.1) is 0 Å². The number of carbonyl (C=O) groups is 1. The minimum atomic E-state index is -0.318. The molecule has 1 amide bonds. The van der Waals surface area contributed by atoms with Crippen LogP contribution in [0.3, 0.4) is 0 Å². The third-order valence-corrected chi connectivity index (χ3v) is 3.51. The van der Waals surface area contributed by atoms with Gasteiger partial charge in [0.05, 0.1) is 14.2 Å². The van der Waals surface area contributed by atoms with Crippen molar-refractivity contribution in [1.82, 2.24) is 0 Å². The molecule has 0 saturated heterocycles. The van der Waals surface area contributed by atoms with E-state index in [1.807, 2.05) is 18.2 Å². The summed E-state index contributed by atoms with van der Waals surface area (Å²) >= 11 is 0. The molecule has 4 nitrogen and oxygen atoms in total. The maximum Gasteiger partial charge on any atom is 0.221 e. The standard InChI is InChI=1S/C18H20FNO3/c1-12(21)20-16-8-7-15(19)11-14(16)6-4-13-5-9-17(22-2)18(10-13)23-3/h5,7-11H,4,6H2,1-3H3,(H,20,21). The Morgan fingerprint density at radius 3 is 2.43 bits per heavy atom. The van der Waals surface area contributed by atoms with E-state index >= 15 is 0 Å². The zero-order valence-electron chi connectivity index (χ0n) is 13.5. The number of benzene rings is 2. The van der Waals surface area contributed by atoms with Crippen LogP contribution in [0.2, 0.25) is 0 Å². The van der Waals surface area contributed by atoms with Crippen molar-refractivity contribution in [2.45, 2.75) is 19.8 Å². The summed E-state index contributed by atoms with van der Waals surface area (Å²) in [6.45, 7) is 1.43. The zero-order chi connectivity index (χ0) is 16.8. The predicted octanol–water partition coefficient (Wildman–Crippen LogP) is 3.59. The monoisotopic (exact) mass is 317 g/mol. The molecule has 5 heteroatoms. The van der Waals surface area contributed by atoms with Crippen LogP contribution in [-0.4, -0.2) is 20.1 Å². The summed E-state index contributed by atoms with van der Waals surface area (Å²) in [6.07, 6.45) is 1.29. The SMILES string of the molecule is COc1ccc(CCc2cc(F)ccc2NC(C)=O)cc1OC. The fourth-order valence-electron chi connectivity index (χ4n) is 2.40. The minimum Gasteiger partial charge on any atom is -0.493 e. The molecule has 1 N–H and O–H groups in total. The summed E-state index contributed by atoms with van der Waals surface area (Å²) in [5.74, 6) is 0.831. The molecule has 23 heavy (non-hydrogen) atoms. The maximum absolute atomic E-state index is 13.5. The average Bonchev–Trinajstić information content (AvgIpc) is 2.54. The fraction of sp³-hybridized carbons (Fsp3) is 0.278. The normalized spacial score (nSPS) is 10.3. The number of methoxy groups -OCH3 is 2. The van der Waals surface area contributed by atoms with Crippen LogP contribution in [0, 0.1) is 5.82 Å². The topological polar surface area (TPSA) is 47.6 Å². The lowest BCUT2D eigenvalue weighted by atomic mass is 10.0. The highest BCUT2D eigenvalue weighted by molar-refractivity contribution is 5.89. The maximum atomic E-state index is 13.5. The van der Waals surface area contributed by atoms with Crippen LogP contribution in [0.5, 0.6) is 11.5 Å². The smallest absolute Gasteiger partial charge is 0.221 e. The molecular formula is C18H20FNO3. The summed E-state index contributed by atoms with van der Waals surface area (Å²) in [6, 6.07) is 10.1. The predicted molar refractivity (Wildman–Crippen MR) is 87.7 cm³/mol. The summed E-state index contributed by atoms with van der Waals surface area (Å²) in [4.78, 5) is 11.2. The molecule has 0 fully saturated rings. The molecule has 0 heterocycles. The zero-order valence-corrected chi connectivity index (χ0v) is 13.5. The number of hydrogen-bond acceptors (Lipinski definition) is 3. The van der Waals surface area contributed by atoms with Crippen molar-refractivity contribution in [3.05, 3.63) is 53.3 Å². The Balaban J connectivity index is 2.17. The van der Waals surface area contributed by atoms with Gasteiger partial charge in [0.15, 0.2) is 11.5 Å². The van der Waals surface area contributed by atoms with E-state index in [2.05, 4.69) is 5.32 Å². The molecular weight excluding hydrogens is 297 g/mol. The molecule has 0 aliphatic rings. The fourth-order valence-corrected chi connectivity index (χ4v) is 2.40. The quantitative estimate of drug-likeness (QED) is 0.886. The van der Waals surface area contributed by atoms with Gasteiger partial charge in [-0.05, 0) is 54.3 Å². The number of amides is 1. The van der Waals surface area contributed by atoms with Crippen LogP contribution in [0.1, 0.15) is 18.1 Å². The van der Waals surface area contributed by atoms with E-state index in [4.69, 9.17) is 9.47 Å². The molecule has 0 bridgehead atoms. The van der Waals surface area contributed by atoms with Gasteiger partial charge in [-0.2, -0.15) is 0 Å². The van der Waals surface area contributed by atoms with Gasteiger partial charge in [-0.3, -0.25) is 4.79 Å². The second-order valence-corrected chi connectivity index (χ2v) is 5.17. The minimum absolute atomic E-state index is 0.177. The Morgan fingerprint density at radius 1 is 1.04 bits per heavy atom. The summed E-state index contributed by atoms with van der Waals surface area (Å²) < 4.78 is 24.0. The summed E-state index contributed by atoms with van der Waals surface area (Å²) in [5.41, 5.74) is 2.44. The van der Waals surface area contributed by atoms with Crippen LogP contribution >= 0.6 is 0 Å². The van der Waals surface area contributed by atoms with E-state index in [0.29, 0.717) is 30.0 Å². The third-order valence-electron chi connectivity index (χ3n) is 3.51. The highest BCUT2D eigenvalue weighted by Gasteiger charge is 2.08. The number of hydrogen-bond donors (Lipinski definition) is 1. The van der Waals surface area contributed by atoms with Gasteiger partial charge in [-0.1, -0.05) is 6.07 Å². The van der Waals surface area contributed by atoms with Crippen LogP contribution < -0.4 is 14.8 Å². The largest absolute Gasteiger partial charge is 0.493 e. The van der Waals surface area contributed by atoms with E-state index in [0.717, 1.165) is 11.1 Å². The lowest BCUT2D eigenvalue weighted by Crippen LogP contribution is -2.09. The van der Waals surface area contributed by atoms with E-state index < -0.39 is 0 Å². The lowest BCUT2D eigenvalue weighted by Gasteiger charge is -2.12. The first-order valence-electron chi connectivity index (χ1n) is 7.30. The van der Waals surface area contributed by atoms with E-state index in [-0.39, 0.29) is 11.7 Å². The molecule has 0 aliphatic carbocycles. The first kappa shape index (κ1) is 16.8. The molecule has 0 atom stereocenters. The molecule has 0 aliphatic heterocycles. The first-order chi connectivity index (χ1) is 11.0. The number of rotatable bonds is 6. The van der Waals surface area contributed by atoms with Crippen molar-refractivity contribution in [3.63, 3.8) is 0 Å². The number of halogens is 1. The van der Waals surface area contributed by atoms with Crippen molar-refractivity contribution < 1.29 is 18.7 Å². The first-order valence-corrected chi connectivity index (χ1v) is 7.30. The van der Waals surface area contributed by atoms with E-state index in [1.54, 1.807) is 20.3 Å². The van der Waals surface area contributed by atoms with Crippen molar-refractivity contribution in [2.24, 2.45) is 0 Å². The Bertz CT molecular complexity index is 701. The molecule has 0 radical (unpaired) electrons. The van der Waals surface area contributed by atoms with Crippen LogP contribution in [0.4, 0.5) is 10.1 Å². The molecule has 2 aromatic carbocycles. The number of anilines is 1. The molecule has 122 valence electrons. The van der Waals surface area contributed by atoms with Gasteiger partial charge in [0, 0.05) is 12.6 Å². The van der Waals surface area contributed by atoms with E-state index in [1.165, 1.54) is 19.1 Å². The number of aryl methyl sites for hydroxylation is 2. The van der Waals surface area contributed by atoms with Gasteiger partial charge >= 0.3 is 0 Å². The number of ether oxygens (including phenoxy) is 2. The second-order valence-electron chi connectivity index (χ2n) is 5.17. The average molecular weight is 317 g/mol. The van der Waals surface area contributed by atoms with Gasteiger partial charge in [0.2, 0.25) is 5.91 Å². The molecule has 2 rings (SSSR count). The molecule has 0 unspecified atom stereocenters. The Kier molecular flexibility index (Phi) is 5.57. The van der Waals surface area contributed by atoms with Crippen molar-refractivity contribution >= 4 is 11.6 Å². The highest BCUT2D eigenvalue weighted by Crippen LogP contribution is 2.28. The van der Waals surface area contributed by atoms with Crippen molar-refractivity contribution in [3.8, 4) is 11.5 Å². The van der Waals surface area contributed by atoms with Gasteiger partial charge in [0.1, 0.15) is 5.82 Å². The second kappa shape index (κ2) is 7.63. The van der Waals surface area contributed by atoms with Crippen molar-refractivity contribution in [2.75, 3.05) is 19.5 Å². The lowest BCUT2D eigenvalue weighted by molar-refractivity contribution is -0.114. The van der Waals surface area contributed by atoms with E-state index in [9.17, 15) is 9.18 Å². The Hall–Kier alpha value is -2.56. The van der Waals surface area contributed by atoms with Gasteiger partial charge in [-0.25, -0.2) is 4.39 Å². The van der Waals surface area contributed by atoms with Crippen LogP contribution in [0.15, 0.2) is 36.4 Å². The molecule has 2 aromatic rings. The third kappa shape index (κ3) is 4.45. The Morgan fingerprint density at radius 2 is 1.78 bits per heavy atom. The summed E-state index contributed by atoms with van der Waals surface area (Å²) in [5, 5.41) is 2.73. The van der Waals surface area contributed by atoms with Gasteiger partial charge in [0.25, 0.3) is 0 Å². The van der Waals surface area contributed by atoms with Crippen LogP contribution in [0.25, 0.3) is 0 Å². The van der Waals surface area contributed by atoms with Gasteiger partial charge < -0.3 is 14.8 Å².